The van der Waals surface area contributed by atoms with Crippen LogP contribution in [-0.2, 0) is 17.9 Å². The summed E-state index contributed by atoms with van der Waals surface area (Å²) < 4.78 is 1.72. The maximum atomic E-state index is 12.3. The molecular formula is C18H24N4O. The molecule has 122 valence electrons. The summed E-state index contributed by atoms with van der Waals surface area (Å²) in [6, 6.07) is 8.63. The van der Waals surface area contributed by atoms with Crippen LogP contribution in [0.2, 0.25) is 0 Å². The highest BCUT2D eigenvalue weighted by molar-refractivity contribution is 5.76. The van der Waals surface area contributed by atoms with E-state index in [-0.39, 0.29) is 5.91 Å². The molecule has 2 aromatic rings. The van der Waals surface area contributed by atoms with Crippen LogP contribution in [0.4, 0.5) is 0 Å². The molecule has 5 nitrogen and oxygen atoms in total. The number of amides is 1. The van der Waals surface area contributed by atoms with E-state index >= 15 is 0 Å². The van der Waals surface area contributed by atoms with E-state index in [2.05, 4.69) is 41.2 Å². The molecule has 1 amide bonds. The molecule has 3 rings (SSSR count). The van der Waals surface area contributed by atoms with Gasteiger partial charge in [0.2, 0.25) is 5.91 Å². The SMILES string of the molecule is Cc1cccc(CN2CCN(C(=O)Cn3cc(C)cn3)CC2)c1. The zero-order valence-corrected chi connectivity index (χ0v) is 13.9. The van der Waals surface area contributed by atoms with E-state index in [1.165, 1.54) is 11.1 Å². The van der Waals surface area contributed by atoms with Crippen LogP contribution >= 0.6 is 0 Å². The van der Waals surface area contributed by atoms with Crippen molar-refractivity contribution >= 4 is 5.91 Å². The second-order valence-corrected chi connectivity index (χ2v) is 6.36. The number of hydrogen-bond donors (Lipinski definition) is 0. The van der Waals surface area contributed by atoms with E-state index in [0.29, 0.717) is 6.54 Å². The van der Waals surface area contributed by atoms with Gasteiger partial charge in [-0.15, -0.1) is 0 Å². The fourth-order valence-corrected chi connectivity index (χ4v) is 3.02. The van der Waals surface area contributed by atoms with E-state index in [4.69, 9.17) is 0 Å². The summed E-state index contributed by atoms with van der Waals surface area (Å²) in [7, 11) is 0. The number of nitrogens with zero attached hydrogens (tertiary/aromatic N) is 4. The lowest BCUT2D eigenvalue weighted by Gasteiger charge is -2.34. The molecule has 1 aliphatic rings. The van der Waals surface area contributed by atoms with Gasteiger partial charge in [0.15, 0.2) is 0 Å². The highest BCUT2D eigenvalue weighted by atomic mass is 16.2. The molecule has 5 heteroatoms. The average molecular weight is 312 g/mol. The normalized spacial score (nSPS) is 15.8. The van der Waals surface area contributed by atoms with Crippen LogP contribution < -0.4 is 0 Å². The smallest absolute Gasteiger partial charge is 0.244 e. The molecule has 1 saturated heterocycles. The second-order valence-electron chi connectivity index (χ2n) is 6.36. The Morgan fingerprint density at radius 3 is 2.57 bits per heavy atom. The molecule has 0 unspecified atom stereocenters. The van der Waals surface area contributed by atoms with Crippen molar-refractivity contribution in [1.29, 1.82) is 0 Å². The summed E-state index contributed by atoms with van der Waals surface area (Å²) in [5, 5.41) is 4.19. The number of piperazine rings is 1. The number of aryl methyl sites for hydroxylation is 2. The molecule has 1 aromatic heterocycles. The maximum absolute atomic E-state index is 12.3. The standard InChI is InChI=1S/C18H24N4O/c1-15-4-3-5-17(10-15)13-20-6-8-21(9-7-20)18(23)14-22-12-16(2)11-19-22/h3-5,10-12H,6-9,13-14H2,1-2H3. The first-order valence-corrected chi connectivity index (χ1v) is 8.15. The molecule has 0 radical (unpaired) electrons. The number of aromatic nitrogens is 2. The van der Waals surface area contributed by atoms with Crippen molar-refractivity contribution in [2.75, 3.05) is 26.2 Å². The molecule has 0 saturated carbocycles. The molecule has 0 atom stereocenters. The van der Waals surface area contributed by atoms with Gasteiger partial charge in [0.05, 0.1) is 6.20 Å². The molecule has 1 fully saturated rings. The van der Waals surface area contributed by atoms with Gasteiger partial charge in [-0.05, 0) is 25.0 Å². The third-order valence-corrected chi connectivity index (χ3v) is 4.27. The fraction of sp³-hybridized carbons (Fsp3) is 0.444. The van der Waals surface area contributed by atoms with Gasteiger partial charge >= 0.3 is 0 Å². The van der Waals surface area contributed by atoms with Crippen molar-refractivity contribution in [3.63, 3.8) is 0 Å². The van der Waals surface area contributed by atoms with Gasteiger partial charge in [0, 0.05) is 38.9 Å². The fourth-order valence-electron chi connectivity index (χ4n) is 3.02. The maximum Gasteiger partial charge on any atom is 0.244 e. The molecule has 1 aliphatic heterocycles. The number of benzene rings is 1. The molecule has 0 spiro atoms. The first-order valence-electron chi connectivity index (χ1n) is 8.15. The number of rotatable bonds is 4. The van der Waals surface area contributed by atoms with Crippen molar-refractivity contribution in [3.8, 4) is 0 Å². The Bertz CT molecular complexity index is 671. The second kappa shape index (κ2) is 6.96. The van der Waals surface area contributed by atoms with E-state index in [0.717, 1.165) is 38.3 Å². The zero-order chi connectivity index (χ0) is 16.2. The van der Waals surface area contributed by atoms with Gasteiger partial charge in [0.1, 0.15) is 6.54 Å². The molecule has 2 heterocycles. The van der Waals surface area contributed by atoms with Crippen LogP contribution in [0.15, 0.2) is 36.7 Å². The van der Waals surface area contributed by atoms with Crippen molar-refractivity contribution in [3.05, 3.63) is 53.3 Å². The monoisotopic (exact) mass is 312 g/mol. The predicted molar refractivity (Wildman–Crippen MR) is 90.0 cm³/mol. The van der Waals surface area contributed by atoms with Gasteiger partial charge in [-0.25, -0.2) is 0 Å². The minimum atomic E-state index is 0.156. The summed E-state index contributed by atoms with van der Waals surface area (Å²) in [5.74, 6) is 0.156. The highest BCUT2D eigenvalue weighted by Gasteiger charge is 2.21. The minimum Gasteiger partial charge on any atom is -0.339 e. The summed E-state index contributed by atoms with van der Waals surface area (Å²) >= 11 is 0. The van der Waals surface area contributed by atoms with Crippen LogP contribution in [0.1, 0.15) is 16.7 Å². The molecule has 0 bridgehead atoms. The van der Waals surface area contributed by atoms with Crippen molar-refractivity contribution in [2.24, 2.45) is 0 Å². The van der Waals surface area contributed by atoms with Crippen LogP contribution in [0.3, 0.4) is 0 Å². The van der Waals surface area contributed by atoms with Crippen molar-refractivity contribution in [1.82, 2.24) is 19.6 Å². The third kappa shape index (κ3) is 4.20. The Labute approximate surface area is 137 Å². The first kappa shape index (κ1) is 15.7. The average Bonchev–Trinajstić information content (AvgIpc) is 2.93. The molecule has 0 N–H and O–H groups in total. The number of carbonyl (C=O) groups is 1. The lowest BCUT2D eigenvalue weighted by molar-refractivity contribution is -0.133. The quantitative estimate of drug-likeness (QED) is 0.865. The number of carbonyl (C=O) groups excluding carboxylic acids is 1. The van der Waals surface area contributed by atoms with Gasteiger partial charge in [-0.1, -0.05) is 29.8 Å². The van der Waals surface area contributed by atoms with Crippen molar-refractivity contribution < 1.29 is 4.79 Å². The Balaban J connectivity index is 1.49. The summed E-state index contributed by atoms with van der Waals surface area (Å²) in [6.45, 7) is 8.86. The lowest BCUT2D eigenvalue weighted by Crippen LogP contribution is -2.49. The summed E-state index contributed by atoms with van der Waals surface area (Å²) in [5.41, 5.74) is 3.73. The Hall–Kier alpha value is -2.14. The van der Waals surface area contributed by atoms with Gasteiger partial charge in [-0.2, -0.15) is 5.10 Å². The highest BCUT2D eigenvalue weighted by Crippen LogP contribution is 2.11. The zero-order valence-electron chi connectivity index (χ0n) is 13.9. The lowest BCUT2D eigenvalue weighted by atomic mass is 10.1. The molecule has 1 aromatic carbocycles. The first-order chi connectivity index (χ1) is 11.1. The third-order valence-electron chi connectivity index (χ3n) is 4.27. The van der Waals surface area contributed by atoms with Gasteiger partial charge < -0.3 is 4.90 Å². The topological polar surface area (TPSA) is 41.4 Å². The van der Waals surface area contributed by atoms with Crippen LogP contribution in [0, 0.1) is 13.8 Å². The van der Waals surface area contributed by atoms with E-state index < -0.39 is 0 Å². The summed E-state index contributed by atoms with van der Waals surface area (Å²) in [4.78, 5) is 16.7. The Morgan fingerprint density at radius 2 is 1.91 bits per heavy atom. The molecular weight excluding hydrogens is 288 g/mol. The summed E-state index contributed by atoms with van der Waals surface area (Å²) in [6.07, 6.45) is 3.69. The van der Waals surface area contributed by atoms with E-state index in [9.17, 15) is 4.79 Å². The van der Waals surface area contributed by atoms with Gasteiger partial charge in [0.25, 0.3) is 0 Å². The van der Waals surface area contributed by atoms with E-state index in [1.807, 2.05) is 18.0 Å². The largest absolute Gasteiger partial charge is 0.339 e. The van der Waals surface area contributed by atoms with Crippen LogP contribution in [-0.4, -0.2) is 51.7 Å². The molecule has 0 aliphatic carbocycles. The number of hydrogen-bond acceptors (Lipinski definition) is 3. The van der Waals surface area contributed by atoms with Crippen LogP contribution in [0.5, 0.6) is 0 Å². The minimum absolute atomic E-state index is 0.156. The van der Waals surface area contributed by atoms with E-state index in [1.54, 1.807) is 10.9 Å². The molecule has 23 heavy (non-hydrogen) atoms. The predicted octanol–water partition coefficient (Wildman–Crippen LogP) is 1.84. The Kier molecular flexibility index (Phi) is 4.76. The Morgan fingerprint density at radius 1 is 1.13 bits per heavy atom. The van der Waals surface area contributed by atoms with Crippen molar-refractivity contribution in [2.45, 2.75) is 26.9 Å². The van der Waals surface area contributed by atoms with Crippen LogP contribution in [0.25, 0.3) is 0 Å². The van der Waals surface area contributed by atoms with Gasteiger partial charge in [-0.3, -0.25) is 14.4 Å².